The first kappa shape index (κ1) is 25.4. The Morgan fingerprint density at radius 2 is 1.65 bits per heavy atom. The zero-order valence-corrected chi connectivity index (χ0v) is 22.3. The van der Waals surface area contributed by atoms with Crippen molar-refractivity contribution in [1.29, 1.82) is 0 Å². The molecule has 5 aromatic rings. The van der Waals surface area contributed by atoms with E-state index >= 15 is 0 Å². The molecule has 1 radical (unpaired) electrons. The van der Waals surface area contributed by atoms with Crippen LogP contribution in [0.1, 0.15) is 30.5 Å². The van der Waals surface area contributed by atoms with E-state index in [1.165, 1.54) is 64.0 Å². The van der Waals surface area contributed by atoms with Crippen LogP contribution < -0.4 is 0 Å². The number of imidazole rings is 1. The Morgan fingerprint density at radius 3 is 2.26 bits per heavy atom. The zero-order chi connectivity index (χ0) is 23.7. The van der Waals surface area contributed by atoms with Crippen molar-refractivity contribution in [2.75, 3.05) is 0 Å². The number of aliphatic hydroxyl groups excluding tert-OH is 1. The number of para-hydroxylation sites is 1. The Hall–Kier alpha value is -3.27. The van der Waals surface area contributed by atoms with Crippen molar-refractivity contribution in [3.63, 3.8) is 0 Å². The number of aliphatic hydroxyl groups is 1. The molecule has 0 fully saturated rings. The van der Waals surface area contributed by atoms with Gasteiger partial charge in [0.1, 0.15) is 0 Å². The van der Waals surface area contributed by atoms with Crippen LogP contribution in [0.5, 0.6) is 0 Å². The zero-order valence-electron chi connectivity index (χ0n) is 19.9. The van der Waals surface area contributed by atoms with Crippen molar-refractivity contribution in [3.8, 4) is 11.1 Å². The summed E-state index contributed by atoms with van der Waals surface area (Å²) in [6.45, 7) is 9.39. The Kier molecular flexibility index (Phi) is 7.71. The van der Waals surface area contributed by atoms with Gasteiger partial charge >= 0.3 is 0 Å². The number of aromatic nitrogens is 2. The molecule has 0 saturated carbocycles. The normalized spacial score (nSPS) is 11.3. The predicted molar refractivity (Wildman–Crippen MR) is 136 cm³/mol. The van der Waals surface area contributed by atoms with Crippen LogP contribution in [0.4, 0.5) is 0 Å². The van der Waals surface area contributed by atoms with Gasteiger partial charge in [-0.15, -0.1) is 18.2 Å². The summed E-state index contributed by atoms with van der Waals surface area (Å²) in [6, 6.07) is 20.7. The molecule has 34 heavy (non-hydrogen) atoms. The summed E-state index contributed by atoms with van der Waals surface area (Å²) in [7, 11) is 0. The molecule has 5 rings (SSSR count). The summed E-state index contributed by atoms with van der Waals surface area (Å²) in [4.78, 5) is 14.7. The number of aryl methyl sites for hydroxylation is 3. The first-order valence-corrected chi connectivity index (χ1v) is 10.9. The number of carbonyl (C=O) groups excluding carboxylic acids is 1. The van der Waals surface area contributed by atoms with Gasteiger partial charge in [-0.3, -0.25) is 9.78 Å². The van der Waals surface area contributed by atoms with Gasteiger partial charge in [0, 0.05) is 44.1 Å². The number of nitrogens with zero attached hydrogens (tertiary/aromatic N) is 2. The van der Waals surface area contributed by atoms with Crippen LogP contribution in [0.15, 0.2) is 72.8 Å². The number of pyridine rings is 1. The molecule has 0 saturated heterocycles. The summed E-state index contributed by atoms with van der Waals surface area (Å²) in [6.07, 6.45) is 5.09. The van der Waals surface area contributed by atoms with Crippen LogP contribution in [-0.4, -0.2) is 20.3 Å². The van der Waals surface area contributed by atoms with Crippen molar-refractivity contribution in [3.05, 3.63) is 95.5 Å². The maximum absolute atomic E-state index is 10.0. The second kappa shape index (κ2) is 10.3. The topological polar surface area (TPSA) is 54.6 Å². The van der Waals surface area contributed by atoms with Crippen molar-refractivity contribution >= 4 is 33.1 Å². The molecule has 1 N–H and O–H groups in total. The van der Waals surface area contributed by atoms with Crippen LogP contribution in [-0.2, 0) is 24.9 Å². The molecule has 3 aromatic carbocycles. The fraction of sp³-hybridized carbons (Fsp3) is 0.172. The van der Waals surface area contributed by atoms with E-state index in [9.17, 15) is 4.79 Å². The fourth-order valence-electron chi connectivity index (χ4n) is 4.55. The summed E-state index contributed by atoms with van der Waals surface area (Å²) in [5.41, 5.74) is 8.60. The number of fused-ring (bicyclic) bond motifs is 6. The molecule has 2 heterocycles. The first-order chi connectivity index (χ1) is 15.8. The van der Waals surface area contributed by atoms with Gasteiger partial charge in [-0.25, -0.2) is 0 Å². The molecule has 0 bridgehead atoms. The van der Waals surface area contributed by atoms with Gasteiger partial charge in [0.25, 0.3) is 0 Å². The van der Waals surface area contributed by atoms with Crippen LogP contribution in [0, 0.1) is 26.8 Å². The molecule has 175 valence electrons. The minimum absolute atomic E-state index is 0. The van der Waals surface area contributed by atoms with Gasteiger partial charge in [0.05, 0.1) is 11.4 Å². The van der Waals surface area contributed by atoms with Gasteiger partial charge < -0.3 is 9.51 Å². The van der Waals surface area contributed by atoms with E-state index in [1.54, 1.807) is 0 Å². The van der Waals surface area contributed by atoms with E-state index in [2.05, 4.69) is 78.7 Å². The Balaban J connectivity index is 0.000000357. The second-order valence-corrected chi connectivity index (χ2v) is 8.40. The van der Waals surface area contributed by atoms with Crippen LogP contribution >= 0.6 is 0 Å². The quantitative estimate of drug-likeness (QED) is 0.0987. The van der Waals surface area contributed by atoms with E-state index in [0.29, 0.717) is 0 Å². The molecule has 5 heteroatoms. The van der Waals surface area contributed by atoms with Crippen LogP contribution in [0.25, 0.3) is 38.4 Å². The molecule has 0 aliphatic heterocycles. The van der Waals surface area contributed by atoms with Crippen LogP contribution in [0.3, 0.4) is 0 Å². The molecule has 4 nitrogen and oxygen atoms in total. The second-order valence-electron chi connectivity index (χ2n) is 8.40. The van der Waals surface area contributed by atoms with Gasteiger partial charge in [0.15, 0.2) is 5.78 Å². The predicted octanol–water partition coefficient (Wildman–Crippen LogP) is 7.07. The Morgan fingerprint density at radius 1 is 1.00 bits per heavy atom. The van der Waals surface area contributed by atoms with Crippen molar-refractivity contribution in [2.45, 2.75) is 34.6 Å². The summed E-state index contributed by atoms with van der Waals surface area (Å²) in [5, 5.41) is 11.9. The molecule has 0 atom stereocenters. The number of allylic oxidation sites excluding steroid dienone is 2. The SMILES string of the molecule is CC(=O)/C=C(/C)O.Cc1cccc(C)c1-c1cc[c-]c2c1c1cccc(C)c1n1ccnc21.[Ir]. The third-order valence-electron chi connectivity index (χ3n) is 5.77. The van der Waals surface area contributed by atoms with Gasteiger partial charge in [-0.05, 0) is 62.3 Å². The van der Waals surface area contributed by atoms with Gasteiger partial charge in [-0.2, -0.15) is 0 Å². The largest absolute Gasteiger partial charge is 0.512 e. The van der Waals surface area contributed by atoms with Crippen molar-refractivity contribution in [2.24, 2.45) is 0 Å². The van der Waals surface area contributed by atoms with Crippen molar-refractivity contribution in [1.82, 2.24) is 9.38 Å². The minimum Gasteiger partial charge on any atom is -0.512 e. The number of ketones is 1. The average Bonchev–Trinajstić information content (AvgIpc) is 3.23. The van der Waals surface area contributed by atoms with E-state index in [1.807, 2.05) is 18.5 Å². The Bertz CT molecular complexity index is 1520. The maximum atomic E-state index is 10.0. The summed E-state index contributed by atoms with van der Waals surface area (Å²) in [5.74, 6) is -0.0625. The third kappa shape index (κ3) is 4.68. The molecule has 0 aliphatic rings. The van der Waals surface area contributed by atoms with Gasteiger partial charge in [0.2, 0.25) is 0 Å². The number of benzene rings is 3. The monoisotopic (exact) mass is 628 g/mol. The Labute approximate surface area is 213 Å². The standard InChI is InChI=1S/C24H19N2.C5H8O2.Ir/c1-15-7-4-8-16(2)21(15)18-10-6-12-20-22(18)19-11-5-9-17(3)23(19)26-14-13-25-24(20)26;1-4(6)3-5(2)7;/h4-11,13-14H,1-3H3;3,6H,1-2H3;/q-1;;/b;4-3-;. The van der Waals surface area contributed by atoms with Gasteiger partial charge in [-0.1, -0.05) is 52.7 Å². The molecular formula is C29H27IrN2O2-. The summed E-state index contributed by atoms with van der Waals surface area (Å²) >= 11 is 0. The number of rotatable bonds is 2. The first-order valence-electron chi connectivity index (χ1n) is 10.9. The molecule has 0 unspecified atom stereocenters. The maximum Gasteiger partial charge on any atom is 0.155 e. The smallest absolute Gasteiger partial charge is 0.155 e. The minimum atomic E-state index is -0.125. The molecular weight excluding hydrogens is 601 g/mol. The molecule has 2 aromatic heterocycles. The molecule has 0 amide bonds. The van der Waals surface area contributed by atoms with E-state index < -0.39 is 0 Å². The molecule has 0 aliphatic carbocycles. The summed E-state index contributed by atoms with van der Waals surface area (Å²) < 4.78 is 2.19. The van der Waals surface area contributed by atoms with E-state index in [4.69, 9.17) is 5.11 Å². The molecule has 0 spiro atoms. The van der Waals surface area contributed by atoms with Crippen LogP contribution in [0.2, 0.25) is 0 Å². The number of hydrogen-bond donors (Lipinski definition) is 1. The van der Waals surface area contributed by atoms with E-state index in [-0.39, 0.29) is 31.6 Å². The average molecular weight is 628 g/mol. The fourth-order valence-corrected chi connectivity index (χ4v) is 4.55. The third-order valence-corrected chi connectivity index (χ3v) is 5.77. The van der Waals surface area contributed by atoms with Crippen molar-refractivity contribution < 1.29 is 30.0 Å². The number of hydrogen-bond acceptors (Lipinski definition) is 3. The number of carbonyl (C=O) groups is 1. The van der Waals surface area contributed by atoms with E-state index in [0.717, 1.165) is 11.0 Å².